The molecular weight excluding hydrogens is 262 g/mol. The number of nitrogens with one attached hydrogen (secondary N) is 1. The van der Waals surface area contributed by atoms with E-state index < -0.39 is 0 Å². The van der Waals surface area contributed by atoms with E-state index >= 15 is 0 Å². The van der Waals surface area contributed by atoms with Crippen molar-refractivity contribution in [3.63, 3.8) is 0 Å². The van der Waals surface area contributed by atoms with E-state index in [9.17, 15) is 4.79 Å². The zero-order valence-electron chi connectivity index (χ0n) is 13.5. The molecule has 3 aliphatic rings. The largest absolute Gasteiger partial charge is 0.468 e. The van der Waals surface area contributed by atoms with E-state index in [1.807, 2.05) is 0 Å². The number of carbonyl (C=O) groups excluding carboxylic acids is 1. The van der Waals surface area contributed by atoms with Crippen LogP contribution < -0.4 is 5.32 Å². The first kappa shape index (κ1) is 15.3. The quantitative estimate of drug-likeness (QED) is 0.633. The van der Waals surface area contributed by atoms with Gasteiger partial charge in [-0.2, -0.15) is 0 Å². The summed E-state index contributed by atoms with van der Waals surface area (Å²) in [5, 5.41) is 3.80. The first-order valence-corrected chi connectivity index (χ1v) is 9.10. The Bertz CT molecular complexity index is 358. The molecule has 3 fully saturated rings. The van der Waals surface area contributed by atoms with Crippen LogP contribution >= 0.6 is 0 Å². The fraction of sp³-hybridized carbons (Fsp3) is 0.944. The number of esters is 1. The second kappa shape index (κ2) is 6.68. The lowest BCUT2D eigenvalue weighted by Gasteiger charge is -2.42. The SMILES string of the molecule is COC(=O)C1(NC2CCCCCC2)CCCC(C2CC2)C1. The molecule has 3 rings (SSSR count). The molecule has 2 atom stereocenters. The molecule has 0 heterocycles. The number of hydrogen-bond donors (Lipinski definition) is 1. The van der Waals surface area contributed by atoms with Gasteiger partial charge in [0, 0.05) is 6.04 Å². The minimum absolute atomic E-state index is 0.00269. The third-order valence-corrected chi connectivity index (χ3v) is 5.99. The molecule has 3 nitrogen and oxygen atoms in total. The summed E-state index contributed by atoms with van der Waals surface area (Å²) in [5.41, 5.74) is -0.380. The van der Waals surface area contributed by atoms with Gasteiger partial charge in [0.1, 0.15) is 5.54 Å². The van der Waals surface area contributed by atoms with Gasteiger partial charge in [-0.1, -0.05) is 38.5 Å². The third-order valence-electron chi connectivity index (χ3n) is 5.99. The normalized spacial score (nSPS) is 35.2. The molecule has 0 spiro atoms. The summed E-state index contributed by atoms with van der Waals surface area (Å²) < 4.78 is 5.21. The standard InChI is InChI=1S/C18H31NO2/c1-21-17(20)18(19-16-8-4-2-3-5-9-16)12-6-7-15(13-18)14-10-11-14/h14-16,19H,2-13H2,1H3. The van der Waals surface area contributed by atoms with Crippen molar-refractivity contribution in [2.24, 2.45) is 11.8 Å². The van der Waals surface area contributed by atoms with E-state index in [1.54, 1.807) is 7.11 Å². The molecule has 0 aliphatic heterocycles. The number of carbonyl (C=O) groups is 1. The Balaban J connectivity index is 1.70. The van der Waals surface area contributed by atoms with Crippen LogP contribution in [0.25, 0.3) is 0 Å². The highest BCUT2D eigenvalue weighted by Gasteiger charge is 2.48. The zero-order chi connectivity index (χ0) is 14.7. The van der Waals surface area contributed by atoms with E-state index in [2.05, 4.69) is 5.32 Å². The topological polar surface area (TPSA) is 38.3 Å². The van der Waals surface area contributed by atoms with Gasteiger partial charge in [-0.25, -0.2) is 0 Å². The summed E-state index contributed by atoms with van der Waals surface area (Å²) in [5.74, 6) is 1.64. The van der Waals surface area contributed by atoms with Gasteiger partial charge in [0.2, 0.25) is 0 Å². The highest BCUT2D eigenvalue weighted by atomic mass is 16.5. The fourth-order valence-electron chi connectivity index (χ4n) is 4.67. The molecule has 3 heteroatoms. The van der Waals surface area contributed by atoms with Gasteiger partial charge < -0.3 is 4.74 Å². The molecule has 3 aliphatic carbocycles. The van der Waals surface area contributed by atoms with Crippen LogP contribution in [-0.2, 0) is 9.53 Å². The Morgan fingerprint density at radius 3 is 2.29 bits per heavy atom. The highest BCUT2D eigenvalue weighted by molar-refractivity contribution is 5.81. The Morgan fingerprint density at radius 1 is 0.952 bits per heavy atom. The lowest BCUT2D eigenvalue weighted by molar-refractivity contribution is -0.151. The van der Waals surface area contributed by atoms with Crippen molar-refractivity contribution in [1.29, 1.82) is 0 Å². The van der Waals surface area contributed by atoms with Crippen molar-refractivity contribution in [2.75, 3.05) is 7.11 Å². The number of methoxy groups -OCH3 is 1. The maximum atomic E-state index is 12.6. The lowest BCUT2D eigenvalue weighted by atomic mass is 9.73. The van der Waals surface area contributed by atoms with Gasteiger partial charge in [0.25, 0.3) is 0 Å². The van der Waals surface area contributed by atoms with Gasteiger partial charge in [-0.15, -0.1) is 0 Å². The fourth-order valence-corrected chi connectivity index (χ4v) is 4.67. The van der Waals surface area contributed by atoms with Crippen molar-refractivity contribution in [1.82, 2.24) is 5.32 Å². The molecule has 0 aromatic heterocycles. The Morgan fingerprint density at radius 2 is 1.67 bits per heavy atom. The molecule has 0 aromatic rings. The number of hydrogen-bond acceptors (Lipinski definition) is 3. The van der Waals surface area contributed by atoms with Gasteiger partial charge in [0.05, 0.1) is 7.11 Å². The van der Waals surface area contributed by atoms with Crippen LogP contribution in [0.2, 0.25) is 0 Å². The number of ether oxygens (including phenoxy) is 1. The van der Waals surface area contributed by atoms with Crippen LogP contribution in [0.3, 0.4) is 0 Å². The maximum absolute atomic E-state index is 12.6. The smallest absolute Gasteiger partial charge is 0.326 e. The molecule has 1 N–H and O–H groups in total. The van der Waals surface area contributed by atoms with Crippen molar-refractivity contribution in [3.8, 4) is 0 Å². The average molecular weight is 293 g/mol. The molecule has 0 radical (unpaired) electrons. The molecule has 0 bridgehead atoms. The molecule has 0 aromatic carbocycles. The second-order valence-corrected chi connectivity index (χ2v) is 7.60. The van der Waals surface area contributed by atoms with E-state index in [-0.39, 0.29) is 11.5 Å². The Kier molecular flexibility index (Phi) is 4.88. The summed E-state index contributed by atoms with van der Waals surface area (Å²) in [6, 6.07) is 0.518. The predicted molar refractivity (Wildman–Crippen MR) is 84.1 cm³/mol. The minimum atomic E-state index is -0.380. The predicted octanol–water partition coefficient (Wildman–Crippen LogP) is 3.81. The summed E-state index contributed by atoms with van der Waals surface area (Å²) in [7, 11) is 1.56. The molecule has 21 heavy (non-hydrogen) atoms. The lowest BCUT2D eigenvalue weighted by Crippen LogP contribution is -2.58. The van der Waals surface area contributed by atoms with Gasteiger partial charge >= 0.3 is 5.97 Å². The van der Waals surface area contributed by atoms with Crippen LogP contribution in [-0.4, -0.2) is 24.7 Å². The summed E-state index contributed by atoms with van der Waals surface area (Å²) in [6.07, 6.45) is 15.0. The Hall–Kier alpha value is -0.570. The van der Waals surface area contributed by atoms with Crippen LogP contribution in [0.1, 0.15) is 77.0 Å². The van der Waals surface area contributed by atoms with Crippen molar-refractivity contribution >= 4 is 5.97 Å². The summed E-state index contributed by atoms with van der Waals surface area (Å²) in [4.78, 5) is 12.6. The van der Waals surface area contributed by atoms with Crippen molar-refractivity contribution < 1.29 is 9.53 Å². The molecule has 2 unspecified atom stereocenters. The molecule has 0 amide bonds. The van der Waals surface area contributed by atoms with Crippen LogP contribution in [0.4, 0.5) is 0 Å². The third kappa shape index (κ3) is 3.61. The molecule has 0 saturated heterocycles. The summed E-state index contributed by atoms with van der Waals surface area (Å²) >= 11 is 0. The zero-order valence-corrected chi connectivity index (χ0v) is 13.5. The van der Waals surface area contributed by atoms with Crippen molar-refractivity contribution in [3.05, 3.63) is 0 Å². The van der Waals surface area contributed by atoms with Crippen LogP contribution in [0, 0.1) is 11.8 Å². The number of rotatable bonds is 4. The maximum Gasteiger partial charge on any atom is 0.326 e. The van der Waals surface area contributed by atoms with E-state index in [0.29, 0.717) is 6.04 Å². The first-order valence-electron chi connectivity index (χ1n) is 9.10. The van der Waals surface area contributed by atoms with Crippen LogP contribution in [0.15, 0.2) is 0 Å². The van der Waals surface area contributed by atoms with Gasteiger partial charge in [-0.3, -0.25) is 10.1 Å². The monoisotopic (exact) mass is 293 g/mol. The van der Waals surface area contributed by atoms with Crippen LogP contribution in [0.5, 0.6) is 0 Å². The summed E-state index contributed by atoms with van der Waals surface area (Å²) in [6.45, 7) is 0. The van der Waals surface area contributed by atoms with E-state index in [1.165, 1.54) is 64.2 Å². The average Bonchev–Trinajstić information content (AvgIpc) is 3.34. The van der Waals surface area contributed by atoms with Crippen molar-refractivity contribution in [2.45, 2.75) is 88.6 Å². The molecular formula is C18H31NO2. The first-order chi connectivity index (χ1) is 10.2. The van der Waals surface area contributed by atoms with Gasteiger partial charge in [0.15, 0.2) is 0 Å². The van der Waals surface area contributed by atoms with Gasteiger partial charge in [-0.05, 0) is 50.4 Å². The minimum Gasteiger partial charge on any atom is -0.468 e. The van der Waals surface area contributed by atoms with E-state index in [0.717, 1.165) is 24.7 Å². The molecule has 120 valence electrons. The Labute approximate surface area is 129 Å². The van der Waals surface area contributed by atoms with E-state index in [4.69, 9.17) is 4.74 Å². The second-order valence-electron chi connectivity index (χ2n) is 7.60. The molecule has 3 saturated carbocycles. The highest BCUT2D eigenvalue weighted by Crippen LogP contribution is 2.47.